The summed E-state index contributed by atoms with van der Waals surface area (Å²) in [6.07, 6.45) is 1.75. The lowest BCUT2D eigenvalue weighted by atomic mass is 10.0. The number of aromatic nitrogens is 1. The van der Waals surface area contributed by atoms with Gasteiger partial charge in [-0.15, -0.1) is 11.3 Å². The number of benzene rings is 1. The van der Waals surface area contributed by atoms with Gasteiger partial charge in [0, 0.05) is 31.2 Å². The van der Waals surface area contributed by atoms with Crippen LogP contribution in [0.2, 0.25) is 0 Å². The standard InChI is InChI=1S/C18H22FN3O2S/c1-12-17(25-11-20-12)18(23)21-15-5-7-22(8-6-15)10-13-9-14(19)3-4-16(13)24-2/h3-4,9,11,15H,5-8,10H2,1-2H3,(H,21,23). The molecule has 0 bridgehead atoms. The van der Waals surface area contributed by atoms with Crippen molar-refractivity contribution in [2.45, 2.75) is 32.4 Å². The van der Waals surface area contributed by atoms with Crippen LogP contribution < -0.4 is 10.1 Å². The number of amides is 1. The predicted octanol–water partition coefficient (Wildman–Crippen LogP) is 2.99. The van der Waals surface area contributed by atoms with Crippen LogP contribution in [0.3, 0.4) is 0 Å². The third-order valence-corrected chi connectivity index (χ3v) is 5.44. The number of rotatable bonds is 5. The van der Waals surface area contributed by atoms with Crippen molar-refractivity contribution in [3.8, 4) is 5.75 Å². The number of likely N-dealkylation sites (tertiary alicyclic amines) is 1. The molecule has 1 aliphatic rings. The van der Waals surface area contributed by atoms with E-state index in [0.717, 1.165) is 37.2 Å². The van der Waals surface area contributed by atoms with Gasteiger partial charge in [-0.1, -0.05) is 0 Å². The Morgan fingerprint density at radius 1 is 1.44 bits per heavy atom. The molecule has 5 nitrogen and oxygen atoms in total. The van der Waals surface area contributed by atoms with E-state index < -0.39 is 0 Å². The number of hydrogen-bond donors (Lipinski definition) is 1. The zero-order chi connectivity index (χ0) is 17.8. The van der Waals surface area contributed by atoms with Gasteiger partial charge in [-0.05, 0) is 38.0 Å². The molecule has 0 atom stereocenters. The molecule has 1 amide bonds. The summed E-state index contributed by atoms with van der Waals surface area (Å²) in [5.74, 6) is 0.417. The largest absolute Gasteiger partial charge is 0.496 e. The number of ether oxygens (including phenoxy) is 1. The second kappa shape index (κ2) is 7.93. The highest BCUT2D eigenvalue weighted by molar-refractivity contribution is 7.11. The summed E-state index contributed by atoms with van der Waals surface area (Å²) in [4.78, 5) is 19.3. The fraction of sp³-hybridized carbons (Fsp3) is 0.444. The second-order valence-corrected chi connectivity index (χ2v) is 7.10. The monoisotopic (exact) mass is 363 g/mol. The molecule has 1 N–H and O–H groups in total. The third kappa shape index (κ3) is 4.35. The number of nitrogens with zero attached hydrogens (tertiary/aromatic N) is 2. The van der Waals surface area contributed by atoms with Crippen LogP contribution in [0, 0.1) is 12.7 Å². The Kier molecular flexibility index (Phi) is 5.65. The van der Waals surface area contributed by atoms with Crippen LogP contribution in [-0.2, 0) is 6.54 Å². The number of carbonyl (C=O) groups is 1. The van der Waals surface area contributed by atoms with Crippen LogP contribution in [-0.4, -0.2) is 42.0 Å². The van der Waals surface area contributed by atoms with Gasteiger partial charge in [0.05, 0.1) is 18.3 Å². The van der Waals surface area contributed by atoms with Crippen molar-refractivity contribution in [2.24, 2.45) is 0 Å². The van der Waals surface area contributed by atoms with Gasteiger partial charge in [-0.3, -0.25) is 9.69 Å². The van der Waals surface area contributed by atoms with E-state index in [2.05, 4.69) is 15.2 Å². The molecule has 0 aliphatic carbocycles. The fourth-order valence-electron chi connectivity index (χ4n) is 3.12. The minimum Gasteiger partial charge on any atom is -0.496 e. The van der Waals surface area contributed by atoms with Crippen molar-refractivity contribution in [3.63, 3.8) is 0 Å². The highest BCUT2D eigenvalue weighted by Crippen LogP contribution is 2.23. The Balaban J connectivity index is 1.53. The summed E-state index contributed by atoms with van der Waals surface area (Å²) >= 11 is 1.37. The average molecular weight is 363 g/mol. The molecular formula is C18H22FN3O2S. The van der Waals surface area contributed by atoms with Crippen LogP contribution in [0.15, 0.2) is 23.7 Å². The highest BCUT2D eigenvalue weighted by atomic mass is 32.1. The highest BCUT2D eigenvalue weighted by Gasteiger charge is 2.23. The molecule has 25 heavy (non-hydrogen) atoms. The Bertz CT molecular complexity index is 742. The molecule has 1 aliphatic heterocycles. The molecule has 134 valence electrons. The van der Waals surface area contributed by atoms with E-state index >= 15 is 0 Å². The summed E-state index contributed by atoms with van der Waals surface area (Å²) in [5.41, 5.74) is 3.32. The Morgan fingerprint density at radius 3 is 2.84 bits per heavy atom. The van der Waals surface area contributed by atoms with Crippen molar-refractivity contribution >= 4 is 17.2 Å². The Labute approximate surface area is 150 Å². The molecule has 0 unspecified atom stereocenters. The summed E-state index contributed by atoms with van der Waals surface area (Å²) in [5, 5.41) is 3.10. The van der Waals surface area contributed by atoms with Crippen LogP contribution in [0.1, 0.15) is 33.8 Å². The zero-order valence-corrected chi connectivity index (χ0v) is 15.2. The molecule has 1 aromatic carbocycles. The molecule has 7 heteroatoms. The van der Waals surface area contributed by atoms with Gasteiger partial charge >= 0.3 is 0 Å². The van der Waals surface area contributed by atoms with Crippen molar-refractivity contribution in [1.82, 2.24) is 15.2 Å². The van der Waals surface area contributed by atoms with Gasteiger partial charge in [-0.2, -0.15) is 0 Å². The van der Waals surface area contributed by atoms with Crippen molar-refractivity contribution in [3.05, 3.63) is 45.7 Å². The second-order valence-electron chi connectivity index (χ2n) is 6.25. The van der Waals surface area contributed by atoms with Gasteiger partial charge in [0.25, 0.3) is 5.91 Å². The topological polar surface area (TPSA) is 54.5 Å². The summed E-state index contributed by atoms with van der Waals surface area (Å²) in [6, 6.07) is 4.76. The SMILES string of the molecule is COc1ccc(F)cc1CN1CCC(NC(=O)c2scnc2C)CC1. The van der Waals surface area contributed by atoms with Crippen molar-refractivity contribution < 1.29 is 13.9 Å². The number of thiazole rings is 1. The number of hydrogen-bond acceptors (Lipinski definition) is 5. The maximum Gasteiger partial charge on any atom is 0.263 e. The molecule has 3 rings (SSSR count). The lowest BCUT2D eigenvalue weighted by molar-refractivity contribution is 0.0912. The van der Waals surface area contributed by atoms with Gasteiger partial charge in [0.1, 0.15) is 16.4 Å². The number of methoxy groups -OCH3 is 1. The van der Waals surface area contributed by atoms with Gasteiger partial charge in [-0.25, -0.2) is 9.37 Å². The fourth-order valence-corrected chi connectivity index (χ4v) is 3.82. The Morgan fingerprint density at radius 2 is 2.20 bits per heavy atom. The first-order valence-electron chi connectivity index (χ1n) is 8.32. The smallest absolute Gasteiger partial charge is 0.263 e. The van der Waals surface area contributed by atoms with Gasteiger partial charge < -0.3 is 10.1 Å². The third-order valence-electron chi connectivity index (χ3n) is 4.51. The van der Waals surface area contributed by atoms with Gasteiger partial charge in [0.2, 0.25) is 0 Å². The summed E-state index contributed by atoms with van der Waals surface area (Å²) in [6.45, 7) is 4.20. The molecule has 1 aromatic heterocycles. The molecular weight excluding hydrogens is 341 g/mol. The molecule has 0 saturated carbocycles. The molecule has 1 fully saturated rings. The van der Waals surface area contributed by atoms with E-state index in [1.807, 2.05) is 6.92 Å². The molecule has 0 radical (unpaired) electrons. The number of piperidine rings is 1. The lowest BCUT2D eigenvalue weighted by Crippen LogP contribution is -2.44. The zero-order valence-electron chi connectivity index (χ0n) is 14.4. The predicted molar refractivity (Wildman–Crippen MR) is 95.6 cm³/mol. The van der Waals surface area contributed by atoms with E-state index in [1.165, 1.54) is 23.5 Å². The minimum atomic E-state index is -0.252. The number of halogens is 1. The quantitative estimate of drug-likeness (QED) is 0.887. The molecule has 1 saturated heterocycles. The normalized spacial score (nSPS) is 16.0. The molecule has 0 spiro atoms. The van der Waals surface area contributed by atoms with Crippen LogP contribution in [0.4, 0.5) is 4.39 Å². The molecule has 2 aromatic rings. The lowest BCUT2D eigenvalue weighted by Gasteiger charge is -2.32. The first-order valence-corrected chi connectivity index (χ1v) is 9.20. The van der Waals surface area contributed by atoms with E-state index in [-0.39, 0.29) is 17.8 Å². The van der Waals surface area contributed by atoms with E-state index in [0.29, 0.717) is 17.2 Å². The number of carbonyl (C=O) groups excluding carboxylic acids is 1. The minimum absolute atomic E-state index is 0.0368. The van der Waals surface area contributed by atoms with Crippen molar-refractivity contribution in [2.75, 3.05) is 20.2 Å². The Hall–Kier alpha value is -1.99. The van der Waals surface area contributed by atoms with Crippen LogP contribution in [0.5, 0.6) is 5.75 Å². The van der Waals surface area contributed by atoms with E-state index in [1.54, 1.807) is 18.7 Å². The molecule has 2 heterocycles. The first-order chi connectivity index (χ1) is 12.1. The van der Waals surface area contributed by atoms with E-state index in [4.69, 9.17) is 4.74 Å². The summed E-state index contributed by atoms with van der Waals surface area (Å²) in [7, 11) is 1.60. The summed E-state index contributed by atoms with van der Waals surface area (Å²) < 4.78 is 18.8. The van der Waals surface area contributed by atoms with Crippen LogP contribution in [0.25, 0.3) is 0 Å². The maximum absolute atomic E-state index is 13.5. The van der Waals surface area contributed by atoms with Gasteiger partial charge in [0.15, 0.2) is 0 Å². The van der Waals surface area contributed by atoms with Crippen LogP contribution >= 0.6 is 11.3 Å². The number of aryl methyl sites for hydroxylation is 1. The first kappa shape index (κ1) is 17.8. The van der Waals surface area contributed by atoms with E-state index in [9.17, 15) is 9.18 Å². The van der Waals surface area contributed by atoms with Crippen molar-refractivity contribution in [1.29, 1.82) is 0 Å². The number of nitrogens with one attached hydrogen (secondary N) is 1. The maximum atomic E-state index is 13.5. The average Bonchev–Trinajstić information content (AvgIpc) is 3.03.